The molecule has 0 aliphatic carbocycles. The molecule has 6 nitrogen and oxygen atoms in total. The Labute approximate surface area is 129 Å². The van der Waals surface area contributed by atoms with E-state index in [0.717, 1.165) is 20.8 Å². The van der Waals surface area contributed by atoms with Gasteiger partial charge in [-0.1, -0.05) is 6.92 Å². The highest BCUT2D eigenvalue weighted by Crippen LogP contribution is 2.26. The summed E-state index contributed by atoms with van der Waals surface area (Å²) in [5.74, 6) is 0.0192. The van der Waals surface area contributed by atoms with Crippen LogP contribution < -0.4 is 5.32 Å². The fourth-order valence-corrected chi connectivity index (χ4v) is 2.98. The van der Waals surface area contributed by atoms with E-state index in [1.807, 2.05) is 20.0 Å². The van der Waals surface area contributed by atoms with E-state index in [4.69, 9.17) is 0 Å². The minimum absolute atomic E-state index is 0.0184. The average molecular weight is 324 g/mol. The molecule has 1 atom stereocenters. The first kappa shape index (κ1) is 14.8. The lowest BCUT2D eigenvalue weighted by Crippen LogP contribution is -2.12. The van der Waals surface area contributed by atoms with Crippen molar-refractivity contribution in [2.75, 3.05) is 5.32 Å². The van der Waals surface area contributed by atoms with E-state index < -0.39 is 12.2 Å². The van der Waals surface area contributed by atoms with Crippen LogP contribution in [0.25, 0.3) is 5.65 Å². The number of rotatable bonds is 5. The number of alkyl halides is 2. The van der Waals surface area contributed by atoms with E-state index in [2.05, 4.69) is 25.6 Å². The molecule has 0 amide bonds. The monoisotopic (exact) mass is 324 g/mol. The Morgan fingerprint density at radius 3 is 2.77 bits per heavy atom. The van der Waals surface area contributed by atoms with Crippen molar-refractivity contribution in [2.24, 2.45) is 0 Å². The average Bonchev–Trinajstić information content (AvgIpc) is 3.10. The Morgan fingerprint density at radius 1 is 1.32 bits per heavy atom. The summed E-state index contributed by atoms with van der Waals surface area (Å²) in [6.07, 6.45) is -0.104. The highest BCUT2D eigenvalue weighted by atomic mass is 32.1. The third-order valence-corrected chi connectivity index (χ3v) is 4.18. The van der Waals surface area contributed by atoms with Crippen LogP contribution in [0.3, 0.4) is 0 Å². The van der Waals surface area contributed by atoms with Crippen LogP contribution in [0, 0.1) is 6.92 Å². The van der Waals surface area contributed by atoms with Crippen molar-refractivity contribution in [2.45, 2.75) is 32.7 Å². The highest BCUT2D eigenvalue weighted by molar-refractivity contribution is 7.11. The van der Waals surface area contributed by atoms with Gasteiger partial charge in [-0.3, -0.25) is 0 Å². The molecule has 1 N–H and O–H groups in total. The van der Waals surface area contributed by atoms with Crippen LogP contribution in [-0.4, -0.2) is 24.8 Å². The van der Waals surface area contributed by atoms with E-state index in [0.29, 0.717) is 11.5 Å². The smallest absolute Gasteiger partial charge is 0.299 e. The lowest BCUT2D eigenvalue weighted by molar-refractivity contribution is 0.137. The van der Waals surface area contributed by atoms with Crippen LogP contribution in [0.1, 0.15) is 41.5 Å². The molecule has 3 aromatic rings. The molecule has 9 heteroatoms. The normalized spacial score (nSPS) is 13.0. The van der Waals surface area contributed by atoms with Crippen LogP contribution in [0.5, 0.6) is 0 Å². The first-order valence-electron chi connectivity index (χ1n) is 6.78. The SMILES string of the molecule is CC[C@H](Nc1ccc2nnc(C(F)F)n2n1)c1ncc(C)s1. The molecule has 0 aliphatic rings. The molecule has 3 rings (SSSR count). The third-order valence-electron chi connectivity index (χ3n) is 3.15. The topological polar surface area (TPSA) is 68.0 Å². The summed E-state index contributed by atoms with van der Waals surface area (Å²) in [4.78, 5) is 5.48. The van der Waals surface area contributed by atoms with Crippen LogP contribution in [-0.2, 0) is 0 Å². The zero-order chi connectivity index (χ0) is 15.7. The predicted octanol–water partition coefficient (Wildman–Crippen LogP) is 3.39. The molecule has 0 bridgehead atoms. The van der Waals surface area contributed by atoms with Crippen molar-refractivity contribution in [3.05, 3.63) is 34.0 Å². The lowest BCUT2D eigenvalue weighted by atomic mass is 10.2. The van der Waals surface area contributed by atoms with Crippen molar-refractivity contribution in [1.82, 2.24) is 24.8 Å². The molecule has 0 spiro atoms. The number of nitrogens with zero attached hydrogens (tertiary/aromatic N) is 5. The largest absolute Gasteiger partial charge is 0.359 e. The fraction of sp³-hybridized carbons (Fsp3) is 0.385. The number of hydrogen-bond donors (Lipinski definition) is 1. The summed E-state index contributed by atoms with van der Waals surface area (Å²) in [5, 5.41) is 15.5. The molecule has 0 fully saturated rings. The van der Waals surface area contributed by atoms with E-state index >= 15 is 0 Å². The molecule has 116 valence electrons. The molecule has 3 aromatic heterocycles. The van der Waals surface area contributed by atoms with Crippen molar-refractivity contribution < 1.29 is 8.78 Å². The first-order chi connectivity index (χ1) is 10.6. The van der Waals surface area contributed by atoms with Crippen LogP contribution in [0.15, 0.2) is 18.3 Å². The lowest BCUT2D eigenvalue weighted by Gasteiger charge is -2.15. The zero-order valence-electron chi connectivity index (χ0n) is 12.0. The van der Waals surface area contributed by atoms with Gasteiger partial charge < -0.3 is 5.32 Å². The van der Waals surface area contributed by atoms with E-state index in [1.165, 1.54) is 0 Å². The molecular formula is C13H14F2N6S. The number of halogens is 2. The summed E-state index contributed by atoms with van der Waals surface area (Å²) in [6.45, 7) is 4.01. The van der Waals surface area contributed by atoms with Crippen molar-refractivity contribution in [1.29, 1.82) is 0 Å². The van der Waals surface area contributed by atoms with Crippen molar-refractivity contribution in [3.8, 4) is 0 Å². The number of anilines is 1. The predicted molar refractivity (Wildman–Crippen MR) is 79.2 cm³/mol. The summed E-state index contributed by atoms with van der Waals surface area (Å²) in [7, 11) is 0. The Bertz CT molecular complexity index is 784. The van der Waals surface area contributed by atoms with Crippen molar-refractivity contribution in [3.63, 3.8) is 0 Å². The minimum Gasteiger partial charge on any atom is -0.359 e. The summed E-state index contributed by atoms with van der Waals surface area (Å²) in [6, 6.07) is 3.28. The standard InChI is InChI=1S/C13H14F2N6S/c1-3-8(13-16-6-7(2)22-13)17-9-4-5-10-18-19-12(11(14)15)21(10)20-9/h4-6,8,11H,3H2,1-2H3,(H,17,20)/t8-/m0/s1. The van der Waals surface area contributed by atoms with Gasteiger partial charge in [-0.15, -0.1) is 26.6 Å². The highest BCUT2D eigenvalue weighted by Gasteiger charge is 2.18. The van der Waals surface area contributed by atoms with Gasteiger partial charge in [0.15, 0.2) is 5.65 Å². The number of aromatic nitrogens is 5. The van der Waals surface area contributed by atoms with E-state index in [1.54, 1.807) is 23.5 Å². The van der Waals surface area contributed by atoms with Crippen LogP contribution >= 0.6 is 11.3 Å². The third kappa shape index (κ3) is 2.76. The number of fused-ring (bicyclic) bond motifs is 1. The molecule has 0 saturated heterocycles. The molecule has 22 heavy (non-hydrogen) atoms. The van der Waals surface area contributed by atoms with E-state index in [-0.39, 0.29) is 6.04 Å². The maximum atomic E-state index is 12.9. The van der Waals surface area contributed by atoms with Gasteiger partial charge in [0.25, 0.3) is 6.43 Å². The molecule has 0 aromatic carbocycles. The van der Waals surface area contributed by atoms with Gasteiger partial charge in [0.2, 0.25) is 5.82 Å². The second-order valence-electron chi connectivity index (χ2n) is 4.76. The number of hydrogen-bond acceptors (Lipinski definition) is 6. The van der Waals surface area contributed by atoms with Gasteiger partial charge in [0.05, 0.1) is 6.04 Å². The van der Waals surface area contributed by atoms with Gasteiger partial charge in [-0.25, -0.2) is 13.8 Å². The molecule has 0 radical (unpaired) electrons. The molecule has 0 aliphatic heterocycles. The summed E-state index contributed by atoms with van der Waals surface area (Å²) in [5.41, 5.74) is 0.291. The maximum Gasteiger partial charge on any atom is 0.299 e. The minimum atomic E-state index is -2.72. The molecule has 3 heterocycles. The van der Waals surface area contributed by atoms with Gasteiger partial charge in [0.1, 0.15) is 10.8 Å². The number of aryl methyl sites for hydroxylation is 1. The Kier molecular flexibility index (Phi) is 3.97. The first-order valence-corrected chi connectivity index (χ1v) is 7.59. The summed E-state index contributed by atoms with van der Waals surface area (Å²) < 4.78 is 26.8. The molecule has 0 unspecified atom stereocenters. The van der Waals surface area contributed by atoms with Crippen LogP contribution in [0.4, 0.5) is 14.6 Å². The van der Waals surface area contributed by atoms with Gasteiger partial charge in [0, 0.05) is 11.1 Å². The Hall–Kier alpha value is -2.16. The van der Waals surface area contributed by atoms with Crippen molar-refractivity contribution >= 4 is 22.8 Å². The van der Waals surface area contributed by atoms with E-state index in [9.17, 15) is 8.78 Å². The Morgan fingerprint density at radius 2 is 2.14 bits per heavy atom. The molecular weight excluding hydrogens is 310 g/mol. The summed E-state index contributed by atoms with van der Waals surface area (Å²) >= 11 is 1.60. The van der Waals surface area contributed by atoms with Gasteiger partial charge in [-0.05, 0) is 25.5 Å². The maximum absolute atomic E-state index is 12.9. The van der Waals surface area contributed by atoms with Gasteiger partial charge in [-0.2, -0.15) is 4.52 Å². The number of nitrogens with one attached hydrogen (secondary N) is 1. The van der Waals surface area contributed by atoms with Crippen LogP contribution in [0.2, 0.25) is 0 Å². The fourth-order valence-electron chi connectivity index (χ4n) is 2.07. The number of thiazole rings is 1. The second-order valence-corrected chi connectivity index (χ2v) is 6.03. The van der Waals surface area contributed by atoms with Gasteiger partial charge >= 0.3 is 0 Å². The quantitative estimate of drug-likeness (QED) is 0.779. The zero-order valence-corrected chi connectivity index (χ0v) is 12.8. The Balaban J connectivity index is 1.90. The second kappa shape index (κ2) is 5.91. The molecule has 0 saturated carbocycles.